The summed E-state index contributed by atoms with van der Waals surface area (Å²) in [7, 11) is 0. The first-order chi connectivity index (χ1) is 23.8. The molecule has 0 aliphatic rings. The van der Waals surface area contributed by atoms with Gasteiger partial charge in [0.05, 0.1) is 15.8 Å². The zero-order valence-electron chi connectivity index (χ0n) is 25.6. The zero-order chi connectivity index (χ0) is 31.6. The van der Waals surface area contributed by atoms with Gasteiger partial charge in [-0.1, -0.05) is 109 Å². The van der Waals surface area contributed by atoms with Gasteiger partial charge in [0.15, 0.2) is 5.58 Å². The van der Waals surface area contributed by atoms with E-state index in [1.807, 2.05) is 65.9 Å². The molecule has 0 aliphatic carbocycles. The number of para-hydroxylation sites is 1. The number of rotatable bonds is 5. The van der Waals surface area contributed by atoms with Crippen LogP contribution in [0.4, 0.5) is 17.1 Å². The molecular weight excluding hydrogens is 609 g/mol. The molecule has 7 aromatic carbocycles. The molecule has 0 amide bonds. The third-order valence-corrected chi connectivity index (χ3v) is 10.3. The molecule has 5 heteroatoms. The van der Waals surface area contributed by atoms with E-state index in [-0.39, 0.29) is 0 Å². The number of thiophene rings is 1. The number of anilines is 3. The lowest BCUT2D eigenvalue weighted by atomic mass is 10.0. The quantitative estimate of drug-likeness (QED) is 0.189. The molecular formula is C43H26N2O2S. The lowest BCUT2D eigenvalue weighted by Crippen LogP contribution is -2.11. The topological polar surface area (TPSA) is 42.4 Å². The van der Waals surface area contributed by atoms with E-state index in [9.17, 15) is 0 Å². The van der Waals surface area contributed by atoms with Gasteiger partial charge < -0.3 is 13.7 Å². The van der Waals surface area contributed by atoms with E-state index in [2.05, 4.69) is 108 Å². The maximum absolute atomic E-state index is 6.81. The molecule has 226 valence electrons. The molecule has 0 radical (unpaired) electrons. The highest BCUT2D eigenvalue weighted by molar-refractivity contribution is 7.26. The number of nitrogens with zero attached hydrogens (tertiary/aromatic N) is 2. The summed E-state index contributed by atoms with van der Waals surface area (Å²) >= 11 is 1.81. The fraction of sp³-hybridized carbons (Fsp3) is 0. The van der Waals surface area contributed by atoms with Crippen molar-refractivity contribution >= 4 is 81.6 Å². The van der Waals surface area contributed by atoms with Gasteiger partial charge in [0, 0.05) is 38.2 Å². The van der Waals surface area contributed by atoms with Gasteiger partial charge in [0.2, 0.25) is 5.89 Å². The van der Waals surface area contributed by atoms with Crippen LogP contribution < -0.4 is 4.90 Å². The number of hydrogen-bond acceptors (Lipinski definition) is 5. The summed E-state index contributed by atoms with van der Waals surface area (Å²) in [6.07, 6.45) is 0. The molecule has 0 aliphatic heterocycles. The zero-order valence-corrected chi connectivity index (χ0v) is 26.4. The molecule has 0 fully saturated rings. The number of oxazole rings is 1. The minimum absolute atomic E-state index is 0.572. The van der Waals surface area contributed by atoms with E-state index in [1.165, 1.54) is 25.7 Å². The smallest absolute Gasteiger partial charge is 0.227 e. The van der Waals surface area contributed by atoms with Crippen LogP contribution in [0.25, 0.3) is 75.8 Å². The number of fused-ring (bicyclic) bond motifs is 7. The van der Waals surface area contributed by atoms with Crippen molar-refractivity contribution in [2.75, 3.05) is 4.90 Å². The maximum atomic E-state index is 6.81. The minimum atomic E-state index is 0.572. The summed E-state index contributed by atoms with van der Waals surface area (Å²) < 4.78 is 15.8. The third-order valence-electron chi connectivity index (χ3n) is 9.10. The Morgan fingerprint density at radius 3 is 2.00 bits per heavy atom. The van der Waals surface area contributed by atoms with Crippen LogP contribution in [0.15, 0.2) is 167 Å². The average molecular weight is 635 g/mol. The Hall–Kier alpha value is -6.17. The van der Waals surface area contributed by atoms with E-state index in [0.717, 1.165) is 55.6 Å². The average Bonchev–Trinajstić information content (AvgIpc) is 3.86. The van der Waals surface area contributed by atoms with Crippen LogP contribution in [-0.2, 0) is 0 Å². The van der Waals surface area contributed by atoms with E-state index >= 15 is 0 Å². The van der Waals surface area contributed by atoms with Gasteiger partial charge in [-0.15, -0.1) is 11.3 Å². The minimum Gasteiger partial charge on any atom is -0.456 e. The van der Waals surface area contributed by atoms with Crippen LogP contribution in [0.5, 0.6) is 0 Å². The van der Waals surface area contributed by atoms with E-state index in [0.29, 0.717) is 11.5 Å². The predicted octanol–water partition coefficient (Wildman–Crippen LogP) is 12.9. The second kappa shape index (κ2) is 10.7. The lowest BCUT2D eigenvalue weighted by molar-refractivity contribution is 0.620. The van der Waals surface area contributed by atoms with Crippen LogP contribution in [-0.4, -0.2) is 4.98 Å². The Morgan fingerprint density at radius 2 is 1.19 bits per heavy atom. The van der Waals surface area contributed by atoms with Crippen LogP contribution in [0, 0.1) is 0 Å². The Labute approximate surface area is 279 Å². The summed E-state index contributed by atoms with van der Waals surface area (Å²) in [5, 5.41) is 4.49. The normalized spacial score (nSPS) is 11.8. The summed E-state index contributed by atoms with van der Waals surface area (Å²) in [4.78, 5) is 7.38. The molecule has 3 heterocycles. The molecule has 10 rings (SSSR count). The van der Waals surface area contributed by atoms with Crippen molar-refractivity contribution < 1.29 is 8.83 Å². The van der Waals surface area contributed by atoms with Crippen LogP contribution in [0.1, 0.15) is 0 Å². The highest BCUT2D eigenvalue weighted by Gasteiger charge is 2.28. The first kappa shape index (κ1) is 27.0. The standard InChI is InChI=1S/C43H26N2O2S/c1-3-12-27(13-4-1)28-22-24-30(25-23-28)45(35-19-11-18-32-31-16-8-10-21-38(31)48-42(32)35)40-39-33-17-7-9-20-36(33)46-37(39)26-34-41(40)47-43(44-34)29-14-5-2-6-15-29/h1-26H. The molecule has 0 bridgehead atoms. The molecule has 10 aromatic rings. The first-order valence-electron chi connectivity index (χ1n) is 16.0. The van der Waals surface area contributed by atoms with Crippen molar-refractivity contribution in [2.45, 2.75) is 0 Å². The van der Waals surface area contributed by atoms with Gasteiger partial charge >= 0.3 is 0 Å². The molecule has 0 N–H and O–H groups in total. The monoisotopic (exact) mass is 634 g/mol. The van der Waals surface area contributed by atoms with Gasteiger partial charge in [-0.05, 0) is 53.6 Å². The largest absolute Gasteiger partial charge is 0.456 e. The van der Waals surface area contributed by atoms with Gasteiger partial charge in [0.1, 0.15) is 22.4 Å². The Kier molecular flexibility index (Phi) is 6.01. The number of aromatic nitrogens is 1. The van der Waals surface area contributed by atoms with Gasteiger partial charge in [0.25, 0.3) is 0 Å². The van der Waals surface area contributed by atoms with Crippen molar-refractivity contribution in [1.29, 1.82) is 0 Å². The Bertz CT molecular complexity index is 2780. The van der Waals surface area contributed by atoms with E-state index in [4.69, 9.17) is 13.8 Å². The van der Waals surface area contributed by atoms with Crippen molar-refractivity contribution in [1.82, 2.24) is 4.98 Å². The number of furan rings is 1. The molecule has 0 saturated carbocycles. The molecule has 0 spiro atoms. The predicted molar refractivity (Wildman–Crippen MR) is 200 cm³/mol. The molecule has 3 aromatic heterocycles. The summed E-state index contributed by atoms with van der Waals surface area (Å²) in [5.41, 5.74) is 9.27. The number of hydrogen-bond donors (Lipinski definition) is 0. The van der Waals surface area contributed by atoms with Crippen molar-refractivity contribution in [2.24, 2.45) is 0 Å². The summed E-state index contributed by atoms with van der Waals surface area (Å²) in [6, 6.07) is 54.8. The molecule has 4 nitrogen and oxygen atoms in total. The van der Waals surface area contributed by atoms with Crippen molar-refractivity contribution in [3.8, 4) is 22.6 Å². The van der Waals surface area contributed by atoms with Crippen LogP contribution in [0.3, 0.4) is 0 Å². The second-order valence-corrected chi connectivity index (χ2v) is 13.0. The lowest BCUT2D eigenvalue weighted by Gasteiger charge is -2.27. The molecule has 0 unspecified atom stereocenters. The maximum Gasteiger partial charge on any atom is 0.227 e. The highest BCUT2D eigenvalue weighted by atomic mass is 32.1. The summed E-state index contributed by atoms with van der Waals surface area (Å²) in [5.74, 6) is 0.572. The van der Waals surface area contributed by atoms with E-state index < -0.39 is 0 Å². The SMILES string of the molecule is c1ccc(-c2ccc(N(c3cccc4c3sc3ccccc34)c3c4oc(-c5ccccc5)nc4cc4oc5ccccc5c34)cc2)cc1. The van der Waals surface area contributed by atoms with E-state index in [1.54, 1.807) is 0 Å². The van der Waals surface area contributed by atoms with Crippen LogP contribution in [0.2, 0.25) is 0 Å². The van der Waals surface area contributed by atoms with Crippen molar-refractivity contribution in [3.05, 3.63) is 158 Å². The molecule has 48 heavy (non-hydrogen) atoms. The van der Waals surface area contributed by atoms with Crippen LogP contribution >= 0.6 is 11.3 Å². The second-order valence-electron chi connectivity index (χ2n) is 11.9. The van der Waals surface area contributed by atoms with Gasteiger partial charge in [-0.3, -0.25) is 0 Å². The number of benzene rings is 7. The van der Waals surface area contributed by atoms with Gasteiger partial charge in [-0.25, -0.2) is 4.98 Å². The molecule has 0 saturated heterocycles. The highest BCUT2D eigenvalue weighted by Crippen LogP contribution is 2.51. The fourth-order valence-electron chi connectivity index (χ4n) is 6.90. The van der Waals surface area contributed by atoms with Crippen molar-refractivity contribution in [3.63, 3.8) is 0 Å². The Morgan fingerprint density at radius 1 is 0.521 bits per heavy atom. The fourth-order valence-corrected chi connectivity index (χ4v) is 8.10. The Balaban J connectivity index is 1.33. The molecule has 0 atom stereocenters. The first-order valence-corrected chi connectivity index (χ1v) is 16.8. The third kappa shape index (κ3) is 4.18. The van der Waals surface area contributed by atoms with Gasteiger partial charge in [-0.2, -0.15) is 0 Å². The summed E-state index contributed by atoms with van der Waals surface area (Å²) in [6.45, 7) is 0.